The van der Waals surface area contributed by atoms with Gasteiger partial charge < -0.3 is 20.4 Å². The second-order valence-corrected chi connectivity index (χ2v) is 9.76. The van der Waals surface area contributed by atoms with Crippen LogP contribution in [0.4, 0.5) is 0 Å². The van der Waals surface area contributed by atoms with Gasteiger partial charge >= 0.3 is 0 Å². The number of carbonyl (C=O) groups is 2. The van der Waals surface area contributed by atoms with E-state index in [0.29, 0.717) is 12.1 Å². The van der Waals surface area contributed by atoms with Gasteiger partial charge in [0.1, 0.15) is 0 Å². The van der Waals surface area contributed by atoms with Crippen LogP contribution in [-0.4, -0.2) is 100 Å². The number of nitrogens with zero attached hydrogens (tertiary/aromatic N) is 3. The monoisotopic (exact) mass is 437 g/mol. The summed E-state index contributed by atoms with van der Waals surface area (Å²) < 4.78 is 26.7. The predicted molar refractivity (Wildman–Crippen MR) is 114 cm³/mol. The van der Waals surface area contributed by atoms with Gasteiger partial charge in [0, 0.05) is 51.4 Å². The van der Waals surface area contributed by atoms with Crippen molar-refractivity contribution in [3.8, 4) is 0 Å². The summed E-state index contributed by atoms with van der Waals surface area (Å²) in [7, 11) is -1.68. The molecule has 0 bridgehead atoms. The Morgan fingerprint density at radius 2 is 1.90 bits per heavy atom. The quantitative estimate of drug-likeness (QED) is 0.535. The van der Waals surface area contributed by atoms with Crippen LogP contribution in [-0.2, 0) is 14.8 Å². The van der Waals surface area contributed by atoms with Crippen LogP contribution in [0.25, 0.3) is 0 Å². The minimum Gasteiger partial charge on any atom is -0.354 e. The molecule has 2 aliphatic heterocycles. The van der Waals surface area contributed by atoms with Gasteiger partial charge in [0.2, 0.25) is 15.9 Å². The molecule has 0 saturated carbocycles. The summed E-state index contributed by atoms with van der Waals surface area (Å²) in [5, 5.41) is 5.48. The van der Waals surface area contributed by atoms with Crippen molar-refractivity contribution in [2.75, 3.05) is 66.0 Å². The van der Waals surface area contributed by atoms with Crippen LogP contribution in [0.2, 0.25) is 0 Å². The lowest BCUT2D eigenvalue weighted by molar-refractivity contribution is -0.122. The van der Waals surface area contributed by atoms with Gasteiger partial charge in [-0.1, -0.05) is 6.07 Å². The van der Waals surface area contributed by atoms with Crippen molar-refractivity contribution in [1.82, 2.24) is 24.7 Å². The van der Waals surface area contributed by atoms with Crippen LogP contribution in [0.15, 0.2) is 29.2 Å². The maximum absolute atomic E-state index is 12.8. The molecule has 1 aromatic rings. The Morgan fingerprint density at radius 3 is 2.63 bits per heavy atom. The molecule has 2 fully saturated rings. The number of hydrogen-bond acceptors (Lipinski definition) is 6. The highest BCUT2D eigenvalue weighted by Gasteiger charge is 2.29. The molecule has 9 nitrogen and oxygen atoms in total. The third-order valence-electron chi connectivity index (χ3n) is 5.52. The second kappa shape index (κ2) is 10.3. The summed E-state index contributed by atoms with van der Waals surface area (Å²) >= 11 is 0. The molecule has 0 atom stereocenters. The lowest BCUT2D eigenvalue weighted by Gasteiger charge is -2.32. The molecule has 30 heavy (non-hydrogen) atoms. The number of likely N-dealkylation sites (N-methyl/N-ethyl adjacent to an activating group) is 1. The topological polar surface area (TPSA) is 102 Å². The Bertz CT molecular complexity index is 853. The minimum absolute atomic E-state index is 0.0277. The molecular formula is C20H31N5O4S. The number of unbranched alkanes of at least 4 members (excludes halogenated alkanes) is 1. The first-order valence-corrected chi connectivity index (χ1v) is 11.9. The smallest absolute Gasteiger partial charge is 0.251 e. The van der Waals surface area contributed by atoms with Gasteiger partial charge in [0.15, 0.2) is 0 Å². The van der Waals surface area contributed by atoms with Gasteiger partial charge in [0.05, 0.1) is 11.4 Å². The van der Waals surface area contributed by atoms with E-state index in [1.807, 2.05) is 0 Å². The van der Waals surface area contributed by atoms with Crippen LogP contribution in [0.5, 0.6) is 0 Å². The van der Waals surface area contributed by atoms with E-state index in [4.69, 9.17) is 0 Å². The number of piperazine rings is 2. The van der Waals surface area contributed by atoms with Gasteiger partial charge in [-0.05, 0) is 44.6 Å². The first-order chi connectivity index (χ1) is 14.4. The van der Waals surface area contributed by atoms with Crippen molar-refractivity contribution >= 4 is 21.8 Å². The Hall–Kier alpha value is -2.01. The fourth-order valence-electron chi connectivity index (χ4n) is 3.60. The molecule has 2 N–H and O–H groups in total. The zero-order valence-electron chi connectivity index (χ0n) is 17.5. The van der Waals surface area contributed by atoms with Crippen LogP contribution >= 0.6 is 0 Å². The maximum Gasteiger partial charge on any atom is 0.251 e. The number of carbonyl (C=O) groups excluding carboxylic acids is 2. The van der Waals surface area contributed by atoms with Crippen molar-refractivity contribution < 1.29 is 18.0 Å². The molecule has 2 amide bonds. The average molecular weight is 438 g/mol. The number of amides is 2. The average Bonchev–Trinajstić information content (AvgIpc) is 2.75. The van der Waals surface area contributed by atoms with E-state index in [1.54, 1.807) is 12.1 Å². The van der Waals surface area contributed by atoms with Gasteiger partial charge in [0.25, 0.3) is 5.91 Å². The van der Waals surface area contributed by atoms with E-state index in [1.165, 1.54) is 12.1 Å². The fraction of sp³-hybridized carbons (Fsp3) is 0.600. The minimum atomic E-state index is -3.81. The molecule has 3 rings (SSSR count). The number of rotatable bonds is 8. The van der Waals surface area contributed by atoms with E-state index >= 15 is 0 Å². The number of nitrogens with one attached hydrogen (secondary N) is 2. The Morgan fingerprint density at radius 1 is 1.13 bits per heavy atom. The molecule has 2 heterocycles. The first kappa shape index (κ1) is 22.7. The number of hydrogen-bond donors (Lipinski definition) is 2. The van der Waals surface area contributed by atoms with E-state index in [9.17, 15) is 18.0 Å². The summed E-state index contributed by atoms with van der Waals surface area (Å²) in [6.07, 6.45) is 1.88. The highest BCUT2D eigenvalue weighted by molar-refractivity contribution is 7.89. The zero-order valence-corrected chi connectivity index (χ0v) is 18.3. The molecule has 2 saturated heterocycles. The largest absolute Gasteiger partial charge is 0.354 e. The SMILES string of the molecule is CN1CCN(CCCCNC(=O)c2cccc(S(=O)(=O)N3CCNC(=O)C3)c2)CC1. The van der Waals surface area contributed by atoms with Crippen LogP contribution in [0, 0.1) is 0 Å². The lowest BCUT2D eigenvalue weighted by atomic mass is 10.2. The van der Waals surface area contributed by atoms with Gasteiger partial charge in [-0.25, -0.2) is 8.42 Å². The van der Waals surface area contributed by atoms with Crippen molar-refractivity contribution in [1.29, 1.82) is 0 Å². The summed E-state index contributed by atoms with van der Waals surface area (Å²) in [4.78, 5) is 28.8. The van der Waals surface area contributed by atoms with Crippen molar-refractivity contribution in [3.63, 3.8) is 0 Å². The van der Waals surface area contributed by atoms with E-state index < -0.39 is 10.0 Å². The highest BCUT2D eigenvalue weighted by Crippen LogP contribution is 2.18. The van der Waals surface area contributed by atoms with Gasteiger partial charge in [-0.3, -0.25) is 9.59 Å². The van der Waals surface area contributed by atoms with Gasteiger partial charge in [-0.2, -0.15) is 4.31 Å². The van der Waals surface area contributed by atoms with E-state index in [0.717, 1.165) is 49.9 Å². The zero-order chi connectivity index (χ0) is 21.6. The first-order valence-electron chi connectivity index (χ1n) is 10.4. The van der Waals surface area contributed by atoms with Crippen molar-refractivity contribution in [3.05, 3.63) is 29.8 Å². The van der Waals surface area contributed by atoms with Crippen LogP contribution in [0.3, 0.4) is 0 Å². The number of benzene rings is 1. The van der Waals surface area contributed by atoms with Gasteiger partial charge in [-0.15, -0.1) is 0 Å². The summed E-state index contributed by atoms with van der Waals surface area (Å²) in [5.74, 6) is -0.613. The molecule has 0 radical (unpaired) electrons. The molecule has 0 unspecified atom stereocenters. The van der Waals surface area contributed by atoms with Crippen LogP contribution in [0.1, 0.15) is 23.2 Å². The molecule has 0 spiro atoms. The summed E-state index contributed by atoms with van der Waals surface area (Å²) in [5.41, 5.74) is 0.302. The second-order valence-electron chi connectivity index (χ2n) is 7.82. The van der Waals surface area contributed by atoms with Crippen LogP contribution < -0.4 is 10.6 Å². The molecule has 1 aromatic carbocycles. The van der Waals surface area contributed by atoms with E-state index in [2.05, 4.69) is 27.5 Å². The molecule has 2 aliphatic rings. The van der Waals surface area contributed by atoms with Crippen molar-refractivity contribution in [2.45, 2.75) is 17.7 Å². The standard InChI is InChI=1S/C20H31N5O4S/c1-23-11-13-24(14-12-23)9-3-2-7-22-20(27)17-5-4-6-18(15-17)30(28,29)25-10-8-21-19(26)16-25/h4-6,15H,2-3,7-14,16H2,1H3,(H,21,26)(H,22,27). The molecule has 10 heteroatoms. The summed E-state index contributed by atoms with van der Waals surface area (Å²) in [6.45, 7) is 6.24. The lowest BCUT2D eigenvalue weighted by Crippen LogP contribution is -2.49. The molecule has 0 aliphatic carbocycles. The van der Waals surface area contributed by atoms with Crippen molar-refractivity contribution in [2.24, 2.45) is 0 Å². The fourth-order valence-corrected chi connectivity index (χ4v) is 5.05. The Balaban J connectivity index is 1.48. The van der Waals surface area contributed by atoms with E-state index in [-0.39, 0.29) is 36.3 Å². The predicted octanol–water partition coefficient (Wildman–Crippen LogP) is -0.435. The Kier molecular flexibility index (Phi) is 7.81. The molecule has 0 aromatic heterocycles. The Labute approximate surface area is 178 Å². The number of sulfonamides is 1. The molecule has 166 valence electrons. The third kappa shape index (κ3) is 6.00. The molecular weight excluding hydrogens is 406 g/mol. The normalized spacial score (nSPS) is 19.4. The maximum atomic E-state index is 12.8. The third-order valence-corrected chi connectivity index (χ3v) is 7.36. The summed E-state index contributed by atoms with van der Waals surface area (Å²) in [6, 6.07) is 5.98. The highest BCUT2D eigenvalue weighted by atomic mass is 32.2.